The van der Waals surface area contributed by atoms with E-state index in [1.807, 2.05) is 6.20 Å². The average molecular weight is 312 g/mol. The van der Waals surface area contributed by atoms with Gasteiger partial charge in [0.1, 0.15) is 0 Å². The fourth-order valence-corrected chi connectivity index (χ4v) is 2.97. The van der Waals surface area contributed by atoms with Crippen LogP contribution in [0.4, 0.5) is 0 Å². The zero-order chi connectivity index (χ0) is 13.0. The molecule has 1 aromatic heterocycles. The van der Waals surface area contributed by atoms with Crippen molar-refractivity contribution in [2.24, 2.45) is 5.92 Å². The predicted octanol–water partition coefficient (Wildman–Crippen LogP) is 2.84. The fourth-order valence-electron chi connectivity index (χ4n) is 2.73. The van der Waals surface area contributed by atoms with Crippen LogP contribution >= 0.6 is 15.9 Å². The van der Waals surface area contributed by atoms with Gasteiger partial charge >= 0.3 is 0 Å². The minimum atomic E-state index is 0.461. The highest BCUT2D eigenvalue weighted by Gasteiger charge is 2.33. The molecule has 100 valence electrons. The van der Waals surface area contributed by atoms with E-state index in [1.165, 1.54) is 25.1 Å². The molecule has 18 heavy (non-hydrogen) atoms. The van der Waals surface area contributed by atoms with Crippen LogP contribution in [-0.4, -0.2) is 36.6 Å². The highest BCUT2D eigenvalue weighted by molar-refractivity contribution is 9.10. The van der Waals surface area contributed by atoms with Crippen molar-refractivity contribution >= 4 is 15.9 Å². The zero-order valence-corrected chi connectivity index (χ0v) is 12.8. The van der Waals surface area contributed by atoms with Gasteiger partial charge in [0.05, 0.1) is 11.7 Å². The van der Waals surface area contributed by atoms with Gasteiger partial charge in [-0.3, -0.25) is 9.88 Å². The van der Waals surface area contributed by atoms with Crippen LogP contribution in [0.15, 0.2) is 22.8 Å². The molecule has 3 nitrogen and oxygen atoms in total. The molecule has 1 fully saturated rings. The van der Waals surface area contributed by atoms with Gasteiger partial charge in [-0.05, 0) is 73.5 Å². The Bertz CT molecular complexity index is 366. The van der Waals surface area contributed by atoms with Gasteiger partial charge in [-0.1, -0.05) is 6.92 Å². The van der Waals surface area contributed by atoms with Crippen LogP contribution in [0.1, 0.15) is 31.5 Å². The molecular weight excluding hydrogens is 290 g/mol. The molecule has 0 saturated carbocycles. The molecule has 2 heterocycles. The number of aromatic nitrogens is 1. The van der Waals surface area contributed by atoms with E-state index < -0.39 is 0 Å². The number of halogens is 1. The van der Waals surface area contributed by atoms with Gasteiger partial charge in [0.15, 0.2) is 0 Å². The van der Waals surface area contributed by atoms with Crippen molar-refractivity contribution in [2.75, 3.05) is 26.7 Å². The second-order valence-electron chi connectivity index (χ2n) is 5.08. The first-order chi connectivity index (χ1) is 8.72. The van der Waals surface area contributed by atoms with Crippen LogP contribution in [0, 0.1) is 5.92 Å². The Morgan fingerprint density at radius 3 is 3.00 bits per heavy atom. The van der Waals surface area contributed by atoms with E-state index in [-0.39, 0.29) is 0 Å². The van der Waals surface area contributed by atoms with Crippen molar-refractivity contribution in [1.29, 1.82) is 0 Å². The van der Waals surface area contributed by atoms with Crippen molar-refractivity contribution in [3.05, 3.63) is 28.5 Å². The third-order valence-electron chi connectivity index (χ3n) is 3.66. The van der Waals surface area contributed by atoms with Gasteiger partial charge in [-0.25, -0.2) is 0 Å². The quantitative estimate of drug-likeness (QED) is 0.848. The first kappa shape index (κ1) is 14.0. The molecule has 1 aliphatic heterocycles. The average Bonchev–Trinajstić information content (AvgIpc) is 2.72. The number of hydrogen-bond acceptors (Lipinski definition) is 3. The fraction of sp³-hybridized carbons (Fsp3) is 0.643. The second kappa shape index (κ2) is 6.64. The van der Waals surface area contributed by atoms with Gasteiger partial charge in [-0.15, -0.1) is 0 Å². The Hall–Kier alpha value is -0.450. The van der Waals surface area contributed by atoms with Gasteiger partial charge in [-0.2, -0.15) is 0 Å². The molecule has 2 atom stereocenters. The van der Waals surface area contributed by atoms with Crippen LogP contribution < -0.4 is 5.32 Å². The Labute approximate surface area is 118 Å². The summed E-state index contributed by atoms with van der Waals surface area (Å²) in [5.74, 6) is 0.676. The van der Waals surface area contributed by atoms with Gasteiger partial charge in [0.25, 0.3) is 0 Å². The minimum Gasteiger partial charge on any atom is -0.316 e. The van der Waals surface area contributed by atoms with E-state index >= 15 is 0 Å². The number of nitrogens with zero attached hydrogens (tertiary/aromatic N) is 2. The molecule has 0 amide bonds. The summed E-state index contributed by atoms with van der Waals surface area (Å²) in [5.41, 5.74) is 1.20. The third-order valence-corrected chi connectivity index (χ3v) is 4.13. The molecule has 2 unspecified atom stereocenters. The number of nitrogens with one attached hydrogen (secondary N) is 1. The van der Waals surface area contributed by atoms with Gasteiger partial charge in [0.2, 0.25) is 0 Å². The second-order valence-corrected chi connectivity index (χ2v) is 6.00. The third kappa shape index (κ3) is 3.31. The molecular formula is C14H22BrN3. The summed E-state index contributed by atoms with van der Waals surface area (Å²) in [7, 11) is 2.20. The molecule has 4 heteroatoms. The summed E-state index contributed by atoms with van der Waals surface area (Å²) >= 11 is 3.45. The zero-order valence-electron chi connectivity index (χ0n) is 11.2. The van der Waals surface area contributed by atoms with Crippen LogP contribution in [0.25, 0.3) is 0 Å². The molecule has 0 aromatic carbocycles. The smallest absolute Gasteiger partial charge is 0.0579 e. The Kier molecular flexibility index (Phi) is 5.15. The summed E-state index contributed by atoms with van der Waals surface area (Å²) in [6, 6.07) is 4.69. The molecule has 1 aromatic rings. The maximum atomic E-state index is 4.57. The maximum Gasteiger partial charge on any atom is 0.0579 e. The summed E-state index contributed by atoms with van der Waals surface area (Å²) in [6.45, 7) is 5.59. The number of pyridine rings is 1. The van der Waals surface area contributed by atoms with Crippen molar-refractivity contribution in [3.8, 4) is 0 Å². The summed E-state index contributed by atoms with van der Waals surface area (Å²) in [6.07, 6.45) is 4.36. The lowest BCUT2D eigenvalue weighted by Gasteiger charge is -2.24. The maximum absolute atomic E-state index is 4.57. The molecule has 1 N–H and O–H groups in total. The van der Waals surface area contributed by atoms with Gasteiger partial charge < -0.3 is 5.32 Å². The van der Waals surface area contributed by atoms with E-state index in [0.717, 1.165) is 17.6 Å². The van der Waals surface area contributed by atoms with Crippen molar-refractivity contribution < 1.29 is 0 Å². The highest BCUT2D eigenvalue weighted by atomic mass is 79.9. The van der Waals surface area contributed by atoms with Crippen LogP contribution in [0.2, 0.25) is 0 Å². The monoisotopic (exact) mass is 311 g/mol. The van der Waals surface area contributed by atoms with Crippen molar-refractivity contribution in [1.82, 2.24) is 15.2 Å². The van der Waals surface area contributed by atoms with E-state index in [9.17, 15) is 0 Å². The Morgan fingerprint density at radius 2 is 2.33 bits per heavy atom. The molecule has 1 aliphatic rings. The molecule has 2 rings (SSSR count). The molecule has 1 saturated heterocycles. The first-order valence-corrected chi connectivity index (χ1v) is 7.54. The lowest BCUT2D eigenvalue weighted by Crippen LogP contribution is -2.29. The van der Waals surface area contributed by atoms with E-state index in [4.69, 9.17) is 0 Å². The van der Waals surface area contributed by atoms with Crippen LogP contribution in [-0.2, 0) is 0 Å². The minimum absolute atomic E-state index is 0.461. The molecule has 0 radical (unpaired) electrons. The van der Waals surface area contributed by atoms with Crippen molar-refractivity contribution in [2.45, 2.75) is 25.8 Å². The predicted molar refractivity (Wildman–Crippen MR) is 78.6 cm³/mol. The van der Waals surface area contributed by atoms with E-state index in [1.54, 1.807) is 0 Å². The number of rotatable bonds is 5. The Morgan fingerprint density at radius 1 is 1.50 bits per heavy atom. The summed E-state index contributed by atoms with van der Waals surface area (Å²) in [5, 5.41) is 3.54. The van der Waals surface area contributed by atoms with Crippen molar-refractivity contribution in [3.63, 3.8) is 0 Å². The molecule has 0 spiro atoms. The van der Waals surface area contributed by atoms with Gasteiger partial charge in [0, 0.05) is 10.7 Å². The first-order valence-electron chi connectivity index (χ1n) is 6.74. The van der Waals surface area contributed by atoms with E-state index in [0.29, 0.717) is 12.0 Å². The lowest BCUT2D eigenvalue weighted by atomic mass is 9.97. The largest absolute Gasteiger partial charge is 0.316 e. The topological polar surface area (TPSA) is 28.2 Å². The summed E-state index contributed by atoms with van der Waals surface area (Å²) in [4.78, 5) is 7.00. The standard InChI is InChI=1S/C14H22BrN3/c1-3-7-16-9-11-6-8-18(2)14(11)13-5-4-12(15)10-17-13/h4-5,10-11,14,16H,3,6-9H2,1-2H3. The van der Waals surface area contributed by atoms with E-state index in [2.05, 4.69) is 57.2 Å². The highest BCUT2D eigenvalue weighted by Crippen LogP contribution is 2.34. The Balaban J connectivity index is 2.04. The lowest BCUT2D eigenvalue weighted by molar-refractivity contribution is 0.266. The van der Waals surface area contributed by atoms with Crippen LogP contribution in [0.3, 0.4) is 0 Å². The van der Waals surface area contributed by atoms with Crippen LogP contribution in [0.5, 0.6) is 0 Å². The number of likely N-dealkylation sites (tertiary alicyclic amines) is 1. The number of hydrogen-bond donors (Lipinski definition) is 1. The normalized spacial score (nSPS) is 24.6. The SMILES string of the molecule is CCCNCC1CCN(C)C1c1ccc(Br)cn1. The summed E-state index contributed by atoms with van der Waals surface area (Å²) < 4.78 is 1.05. The molecule has 0 aliphatic carbocycles. The molecule has 0 bridgehead atoms.